The molecule has 9 aromatic rings. The lowest BCUT2D eigenvalue weighted by Gasteiger charge is -2.46. The fraction of sp³-hybridized carbons (Fsp3) is 0.284. The first kappa shape index (κ1) is 46.6. The lowest BCUT2D eigenvalue weighted by atomic mass is 9.30. The summed E-state index contributed by atoms with van der Waals surface area (Å²) in [5, 5.41) is 2.57. The van der Waals surface area contributed by atoms with Crippen molar-refractivity contribution in [1.82, 2.24) is 4.57 Å². The van der Waals surface area contributed by atoms with E-state index in [4.69, 9.17) is 0 Å². The molecule has 0 spiro atoms. The third kappa shape index (κ3) is 7.72. The van der Waals surface area contributed by atoms with E-state index in [9.17, 15) is 0 Å². The van der Waals surface area contributed by atoms with E-state index >= 15 is 0 Å². The minimum absolute atomic E-state index is 0.0204. The summed E-state index contributed by atoms with van der Waals surface area (Å²) < 4.78 is 2.53. The van der Waals surface area contributed by atoms with Crippen molar-refractivity contribution in [1.29, 1.82) is 0 Å². The number of fused-ring (bicyclic) bond motifs is 7. The SMILES string of the molecule is CC(C)(C)c1ccc(N2c3cc4c(cc3B3c5cc(N(c6ccccc6)c6ccccc6)ccc5C(C)(C)c5cc(C(C)(C)C)cc2c53)c2cc(C(C)(C)C)ccc2n4-c2ccc(C(C)(C)C)cc2)cc1. The quantitative estimate of drug-likeness (QED) is 0.159. The van der Waals surface area contributed by atoms with E-state index in [2.05, 4.69) is 281 Å². The Morgan fingerprint density at radius 1 is 0.394 bits per heavy atom. The topological polar surface area (TPSA) is 11.4 Å². The van der Waals surface area contributed by atoms with Gasteiger partial charge in [-0.25, -0.2) is 0 Å². The molecule has 0 saturated carbocycles. The van der Waals surface area contributed by atoms with Crippen molar-refractivity contribution in [3.05, 3.63) is 203 Å². The van der Waals surface area contributed by atoms with Crippen LogP contribution in [0.15, 0.2) is 170 Å². The van der Waals surface area contributed by atoms with E-state index in [0.717, 1.165) is 17.1 Å². The Bertz CT molecular complexity index is 3470. The van der Waals surface area contributed by atoms with E-state index in [1.54, 1.807) is 0 Å². The van der Waals surface area contributed by atoms with E-state index in [1.165, 1.54) is 94.3 Å². The highest BCUT2D eigenvalue weighted by molar-refractivity contribution is 6.99. The fourth-order valence-electron chi connectivity index (χ4n) is 11.7. The minimum Gasteiger partial charge on any atom is -0.311 e. The molecule has 71 heavy (non-hydrogen) atoms. The Balaban J connectivity index is 1.27. The first-order valence-electron chi connectivity index (χ1n) is 25.9. The zero-order valence-electron chi connectivity index (χ0n) is 44.6. The van der Waals surface area contributed by atoms with Gasteiger partial charge in [0.05, 0.1) is 11.0 Å². The van der Waals surface area contributed by atoms with Crippen molar-refractivity contribution >= 4 is 79.0 Å². The zero-order valence-corrected chi connectivity index (χ0v) is 44.6. The van der Waals surface area contributed by atoms with Gasteiger partial charge in [-0.15, -0.1) is 0 Å². The van der Waals surface area contributed by atoms with Gasteiger partial charge in [-0.2, -0.15) is 0 Å². The molecule has 0 unspecified atom stereocenters. The molecule has 3 nitrogen and oxygen atoms in total. The lowest BCUT2D eigenvalue weighted by molar-refractivity contribution is 0.583. The predicted molar refractivity (Wildman–Crippen MR) is 308 cm³/mol. The second-order valence-electron chi connectivity index (χ2n) is 25.2. The van der Waals surface area contributed by atoms with Crippen LogP contribution in [0.1, 0.15) is 130 Å². The monoisotopic (exact) mass is 928 g/mol. The van der Waals surface area contributed by atoms with E-state index in [1.807, 2.05) is 0 Å². The molecular weight excluding hydrogens is 858 g/mol. The van der Waals surface area contributed by atoms with Crippen molar-refractivity contribution in [2.24, 2.45) is 0 Å². The van der Waals surface area contributed by atoms with Gasteiger partial charge in [-0.3, -0.25) is 0 Å². The van der Waals surface area contributed by atoms with Crippen molar-refractivity contribution in [3.8, 4) is 5.69 Å². The molecule has 0 amide bonds. The Kier molecular flexibility index (Phi) is 10.6. The lowest BCUT2D eigenvalue weighted by Crippen LogP contribution is -2.64. The summed E-state index contributed by atoms with van der Waals surface area (Å²) in [6.45, 7) is 32.8. The van der Waals surface area contributed by atoms with Crippen LogP contribution >= 0.6 is 0 Å². The largest absolute Gasteiger partial charge is 0.311 e. The van der Waals surface area contributed by atoms with Gasteiger partial charge >= 0.3 is 0 Å². The second-order valence-corrected chi connectivity index (χ2v) is 25.2. The third-order valence-electron chi connectivity index (χ3n) is 15.8. The summed E-state index contributed by atoms with van der Waals surface area (Å²) in [6, 6.07) is 65.3. The summed E-state index contributed by atoms with van der Waals surface area (Å²) in [7, 11) is 0. The van der Waals surface area contributed by atoms with Gasteiger partial charge in [0.1, 0.15) is 0 Å². The van der Waals surface area contributed by atoms with Crippen LogP contribution in [-0.4, -0.2) is 11.3 Å². The first-order valence-corrected chi connectivity index (χ1v) is 25.9. The molecule has 3 heterocycles. The number of anilines is 6. The van der Waals surface area contributed by atoms with Crippen LogP contribution < -0.4 is 26.2 Å². The molecule has 2 aliphatic heterocycles. The highest BCUT2D eigenvalue weighted by Gasteiger charge is 2.47. The van der Waals surface area contributed by atoms with Crippen LogP contribution in [0.2, 0.25) is 0 Å². The van der Waals surface area contributed by atoms with Crippen LogP contribution in [0.25, 0.3) is 27.5 Å². The van der Waals surface area contributed by atoms with Crippen LogP contribution in [-0.2, 0) is 27.1 Å². The molecule has 11 rings (SSSR count). The summed E-state index contributed by atoms with van der Waals surface area (Å²) >= 11 is 0. The number of para-hydroxylation sites is 2. The van der Waals surface area contributed by atoms with Crippen LogP contribution in [0.4, 0.5) is 34.1 Å². The molecule has 0 atom stereocenters. The maximum atomic E-state index is 2.63. The maximum Gasteiger partial charge on any atom is 0.247 e. The smallest absolute Gasteiger partial charge is 0.247 e. The molecule has 4 heteroatoms. The molecule has 0 saturated heterocycles. The summed E-state index contributed by atoms with van der Waals surface area (Å²) in [5.74, 6) is 0. The number of benzene rings is 8. The molecule has 356 valence electrons. The number of nitrogens with zero attached hydrogens (tertiary/aromatic N) is 3. The van der Waals surface area contributed by atoms with Crippen LogP contribution in [0, 0.1) is 0 Å². The Hall–Kier alpha value is -6.78. The van der Waals surface area contributed by atoms with Crippen LogP contribution in [0.5, 0.6) is 0 Å². The van der Waals surface area contributed by atoms with Crippen molar-refractivity contribution in [3.63, 3.8) is 0 Å². The molecule has 2 aliphatic rings. The van der Waals surface area contributed by atoms with Crippen LogP contribution in [0.3, 0.4) is 0 Å². The highest BCUT2D eigenvalue weighted by atomic mass is 15.2. The number of rotatable bonds is 5. The maximum absolute atomic E-state index is 2.63. The fourth-order valence-corrected chi connectivity index (χ4v) is 11.7. The normalized spacial score (nSPS) is 14.4. The highest BCUT2D eigenvalue weighted by Crippen LogP contribution is 2.48. The zero-order chi connectivity index (χ0) is 50.2. The Morgan fingerprint density at radius 2 is 0.915 bits per heavy atom. The van der Waals surface area contributed by atoms with Gasteiger partial charge in [-0.1, -0.05) is 187 Å². The molecule has 0 aliphatic carbocycles. The number of hydrogen-bond donors (Lipinski definition) is 0. The molecule has 8 aromatic carbocycles. The summed E-state index contributed by atoms with van der Waals surface area (Å²) in [4.78, 5) is 5.05. The predicted octanol–water partition coefficient (Wildman–Crippen LogP) is 16.4. The first-order chi connectivity index (χ1) is 33.5. The van der Waals surface area contributed by atoms with Gasteiger partial charge in [0.2, 0.25) is 6.71 Å². The molecule has 0 N–H and O–H groups in total. The van der Waals surface area contributed by atoms with Crippen molar-refractivity contribution < 1.29 is 0 Å². The Labute approximate surface area is 424 Å². The molecule has 0 fully saturated rings. The molecule has 0 radical (unpaired) electrons. The number of hydrogen-bond acceptors (Lipinski definition) is 2. The number of aromatic nitrogens is 1. The minimum atomic E-state index is -0.291. The molecule has 0 bridgehead atoms. The molecular formula is C67H70BN3. The third-order valence-corrected chi connectivity index (χ3v) is 15.8. The average molecular weight is 928 g/mol. The standard InChI is InChI=1S/C67H70BN3/c1-63(2,3)43-25-30-49(31-26-43)70-58-36-29-45(65(7,8)9)37-52(58)53-41-57-60(42-59(53)70)71(50-32-27-44(28-33-50)64(4,5)6)61-39-46(66(10,11)12)38-55-62(61)68(57)56-40-51(34-35-54(56)67(55,13)14)69(47-21-17-15-18-22-47)48-23-19-16-20-24-48/h15-42H,1-14H3. The Morgan fingerprint density at radius 3 is 1.46 bits per heavy atom. The van der Waals surface area contributed by atoms with Gasteiger partial charge < -0.3 is 14.4 Å². The van der Waals surface area contributed by atoms with Crippen molar-refractivity contribution in [2.45, 2.75) is 124 Å². The van der Waals surface area contributed by atoms with Crippen molar-refractivity contribution in [2.75, 3.05) is 9.80 Å². The van der Waals surface area contributed by atoms with Gasteiger partial charge in [0.25, 0.3) is 0 Å². The average Bonchev–Trinajstić information content (AvgIpc) is 3.64. The van der Waals surface area contributed by atoms with E-state index in [-0.39, 0.29) is 33.8 Å². The van der Waals surface area contributed by atoms with E-state index in [0.29, 0.717) is 0 Å². The van der Waals surface area contributed by atoms with Gasteiger partial charge in [-0.05, 0) is 151 Å². The second kappa shape index (κ2) is 16.1. The molecule has 1 aromatic heterocycles. The summed E-state index contributed by atoms with van der Waals surface area (Å²) in [5.41, 5.74) is 22.6. The van der Waals surface area contributed by atoms with Gasteiger partial charge in [0, 0.05) is 56.0 Å². The summed E-state index contributed by atoms with van der Waals surface area (Å²) in [6.07, 6.45) is 0. The van der Waals surface area contributed by atoms with Gasteiger partial charge in [0.15, 0.2) is 0 Å². The van der Waals surface area contributed by atoms with E-state index < -0.39 is 0 Å².